The number of benzene rings is 1. The van der Waals surface area contributed by atoms with E-state index in [0.29, 0.717) is 24.7 Å². The maximum atomic E-state index is 13.2. The third-order valence-electron chi connectivity index (χ3n) is 5.86. The van der Waals surface area contributed by atoms with Crippen molar-refractivity contribution in [2.75, 3.05) is 24.6 Å². The number of furan rings is 1. The van der Waals surface area contributed by atoms with E-state index in [1.807, 2.05) is 11.0 Å². The zero-order chi connectivity index (χ0) is 19.5. The SMILES string of the molecule is CCCOC1CCCN(C(=O)c2ccoc2CN2c3ccccc3CC2C)C1. The maximum absolute atomic E-state index is 13.2. The highest BCUT2D eigenvalue weighted by Crippen LogP contribution is 2.34. The number of piperidine rings is 1. The van der Waals surface area contributed by atoms with Crippen LogP contribution in [0.2, 0.25) is 0 Å². The van der Waals surface area contributed by atoms with Gasteiger partial charge in [0.1, 0.15) is 5.76 Å². The van der Waals surface area contributed by atoms with Gasteiger partial charge in [-0.25, -0.2) is 0 Å². The molecule has 2 atom stereocenters. The van der Waals surface area contributed by atoms with Crippen molar-refractivity contribution in [2.24, 2.45) is 0 Å². The van der Waals surface area contributed by atoms with Crippen LogP contribution in [0.4, 0.5) is 5.69 Å². The quantitative estimate of drug-likeness (QED) is 0.749. The van der Waals surface area contributed by atoms with Crippen molar-refractivity contribution in [1.82, 2.24) is 4.90 Å². The Morgan fingerprint density at radius 2 is 2.14 bits per heavy atom. The highest BCUT2D eigenvalue weighted by atomic mass is 16.5. The Kier molecular flexibility index (Phi) is 5.72. The molecule has 5 nitrogen and oxygen atoms in total. The number of hydrogen-bond acceptors (Lipinski definition) is 4. The molecule has 0 N–H and O–H groups in total. The number of rotatable bonds is 6. The summed E-state index contributed by atoms with van der Waals surface area (Å²) in [6.45, 7) is 7.18. The molecule has 0 bridgehead atoms. The number of anilines is 1. The minimum absolute atomic E-state index is 0.0636. The smallest absolute Gasteiger partial charge is 0.257 e. The molecule has 1 aromatic heterocycles. The molecule has 28 heavy (non-hydrogen) atoms. The summed E-state index contributed by atoms with van der Waals surface area (Å²) in [6, 6.07) is 10.7. The van der Waals surface area contributed by atoms with Crippen LogP contribution in [0.25, 0.3) is 0 Å². The first-order valence-electron chi connectivity index (χ1n) is 10.5. The number of hydrogen-bond donors (Lipinski definition) is 0. The second-order valence-corrected chi connectivity index (χ2v) is 7.95. The normalized spacial score (nSPS) is 21.8. The Labute approximate surface area is 167 Å². The highest BCUT2D eigenvalue weighted by molar-refractivity contribution is 5.95. The van der Waals surface area contributed by atoms with Gasteiger partial charge in [-0.3, -0.25) is 4.79 Å². The van der Waals surface area contributed by atoms with Crippen molar-refractivity contribution in [3.63, 3.8) is 0 Å². The molecule has 0 radical (unpaired) electrons. The number of amides is 1. The van der Waals surface area contributed by atoms with E-state index in [1.165, 1.54) is 11.3 Å². The molecule has 4 rings (SSSR count). The molecule has 150 valence electrons. The van der Waals surface area contributed by atoms with Crippen LogP contribution in [0.15, 0.2) is 41.0 Å². The molecule has 2 unspecified atom stereocenters. The molecule has 1 fully saturated rings. The van der Waals surface area contributed by atoms with Crippen molar-refractivity contribution in [3.05, 3.63) is 53.5 Å². The second-order valence-electron chi connectivity index (χ2n) is 7.95. The Morgan fingerprint density at radius 1 is 1.29 bits per heavy atom. The summed E-state index contributed by atoms with van der Waals surface area (Å²) < 4.78 is 11.7. The summed E-state index contributed by atoms with van der Waals surface area (Å²) >= 11 is 0. The molecular formula is C23H30N2O3. The average Bonchev–Trinajstić information content (AvgIpc) is 3.31. The molecule has 1 amide bonds. The van der Waals surface area contributed by atoms with Gasteiger partial charge in [0.25, 0.3) is 5.91 Å². The highest BCUT2D eigenvalue weighted by Gasteiger charge is 2.30. The number of para-hydroxylation sites is 1. The van der Waals surface area contributed by atoms with E-state index in [4.69, 9.17) is 9.15 Å². The van der Waals surface area contributed by atoms with Crippen LogP contribution in [-0.4, -0.2) is 42.6 Å². The molecule has 5 heteroatoms. The molecule has 0 saturated carbocycles. The summed E-state index contributed by atoms with van der Waals surface area (Å²) in [7, 11) is 0. The van der Waals surface area contributed by atoms with Gasteiger partial charge in [-0.2, -0.15) is 0 Å². The van der Waals surface area contributed by atoms with Gasteiger partial charge in [-0.05, 0) is 50.3 Å². The van der Waals surface area contributed by atoms with Crippen LogP contribution < -0.4 is 4.90 Å². The first kappa shape index (κ1) is 19.1. The number of carbonyl (C=O) groups excluding carboxylic acids is 1. The number of carbonyl (C=O) groups is 1. The average molecular weight is 383 g/mol. The zero-order valence-corrected chi connectivity index (χ0v) is 16.9. The molecule has 2 aliphatic heterocycles. The Balaban J connectivity index is 1.48. The van der Waals surface area contributed by atoms with Crippen LogP contribution >= 0.6 is 0 Å². The molecular weight excluding hydrogens is 352 g/mol. The Morgan fingerprint density at radius 3 is 3.00 bits per heavy atom. The topological polar surface area (TPSA) is 45.9 Å². The Bertz CT molecular complexity index is 816. The zero-order valence-electron chi connectivity index (χ0n) is 16.9. The van der Waals surface area contributed by atoms with Crippen LogP contribution in [-0.2, 0) is 17.7 Å². The summed E-state index contributed by atoms with van der Waals surface area (Å²) in [5.41, 5.74) is 3.30. The molecule has 1 saturated heterocycles. The van der Waals surface area contributed by atoms with E-state index in [2.05, 4.69) is 43.0 Å². The predicted octanol–water partition coefficient (Wildman–Crippen LogP) is 4.26. The summed E-state index contributed by atoms with van der Waals surface area (Å²) in [6.07, 6.45) is 5.85. The van der Waals surface area contributed by atoms with E-state index < -0.39 is 0 Å². The summed E-state index contributed by atoms with van der Waals surface area (Å²) in [5.74, 6) is 0.818. The van der Waals surface area contributed by atoms with Crippen LogP contribution in [0.3, 0.4) is 0 Å². The number of fused-ring (bicyclic) bond motifs is 1. The fourth-order valence-corrected chi connectivity index (χ4v) is 4.39. The van der Waals surface area contributed by atoms with E-state index in [-0.39, 0.29) is 12.0 Å². The van der Waals surface area contributed by atoms with Gasteiger partial charge in [0, 0.05) is 31.4 Å². The number of ether oxygens (including phenoxy) is 1. The van der Waals surface area contributed by atoms with Crippen LogP contribution in [0.5, 0.6) is 0 Å². The third kappa shape index (κ3) is 3.81. The largest absolute Gasteiger partial charge is 0.467 e. The molecule has 2 aliphatic rings. The summed E-state index contributed by atoms with van der Waals surface area (Å²) in [5, 5.41) is 0. The molecule has 0 aliphatic carbocycles. The van der Waals surface area contributed by atoms with Gasteiger partial charge in [0.2, 0.25) is 0 Å². The van der Waals surface area contributed by atoms with Crippen molar-refractivity contribution in [1.29, 1.82) is 0 Å². The van der Waals surface area contributed by atoms with Crippen molar-refractivity contribution >= 4 is 11.6 Å². The van der Waals surface area contributed by atoms with Gasteiger partial charge in [-0.1, -0.05) is 25.1 Å². The first-order chi connectivity index (χ1) is 13.7. The van der Waals surface area contributed by atoms with Gasteiger partial charge in [0.15, 0.2) is 0 Å². The molecule has 0 spiro atoms. The molecule has 2 aromatic rings. The van der Waals surface area contributed by atoms with Crippen molar-refractivity contribution in [3.8, 4) is 0 Å². The van der Waals surface area contributed by atoms with Crippen molar-refractivity contribution < 1.29 is 13.9 Å². The minimum Gasteiger partial charge on any atom is -0.467 e. The van der Waals surface area contributed by atoms with Crippen LogP contribution in [0.1, 0.15) is 54.8 Å². The molecule has 1 aromatic carbocycles. The van der Waals surface area contributed by atoms with E-state index >= 15 is 0 Å². The van der Waals surface area contributed by atoms with Gasteiger partial charge in [-0.15, -0.1) is 0 Å². The van der Waals surface area contributed by atoms with Gasteiger partial charge < -0.3 is 19.0 Å². The van der Waals surface area contributed by atoms with Crippen LogP contribution in [0, 0.1) is 0 Å². The van der Waals surface area contributed by atoms with Gasteiger partial charge >= 0.3 is 0 Å². The van der Waals surface area contributed by atoms with E-state index in [0.717, 1.165) is 44.6 Å². The number of likely N-dealkylation sites (tertiary alicyclic amines) is 1. The maximum Gasteiger partial charge on any atom is 0.257 e. The summed E-state index contributed by atoms with van der Waals surface area (Å²) in [4.78, 5) is 17.5. The van der Waals surface area contributed by atoms with E-state index in [1.54, 1.807) is 6.26 Å². The minimum atomic E-state index is 0.0636. The fraction of sp³-hybridized carbons (Fsp3) is 0.522. The van der Waals surface area contributed by atoms with Crippen molar-refractivity contribution in [2.45, 2.75) is 58.2 Å². The van der Waals surface area contributed by atoms with Gasteiger partial charge in [0.05, 0.1) is 24.5 Å². The monoisotopic (exact) mass is 382 g/mol. The fourth-order valence-electron chi connectivity index (χ4n) is 4.39. The lowest BCUT2D eigenvalue weighted by Gasteiger charge is -2.33. The predicted molar refractivity (Wildman–Crippen MR) is 110 cm³/mol. The standard InChI is InChI=1S/C23H30N2O3/c1-3-12-27-19-8-6-11-24(15-19)23(26)20-10-13-28-22(20)16-25-17(2)14-18-7-4-5-9-21(18)25/h4-5,7,9-10,13,17,19H,3,6,8,11-12,14-16H2,1-2H3. The Hall–Kier alpha value is -2.27. The second kappa shape index (κ2) is 8.39. The van der Waals surface area contributed by atoms with E-state index in [9.17, 15) is 4.79 Å². The first-order valence-corrected chi connectivity index (χ1v) is 10.5. The molecule has 3 heterocycles. The lowest BCUT2D eigenvalue weighted by molar-refractivity contribution is 0.00204. The number of nitrogens with zero attached hydrogens (tertiary/aromatic N) is 2. The lowest BCUT2D eigenvalue weighted by Crippen LogP contribution is -2.43. The third-order valence-corrected chi connectivity index (χ3v) is 5.86. The lowest BCUT2D eigenvalue weighted by atomic mass is 10.1.